The Labute approximate surface area is 444 Å². The summed E-state index contributed by atoms with van der Waals surface area (Å²) in [4.78, 5) is 14.5. The molecule has 3 saturated carbocycles. The van der Waals surface area contributed by atoms with E-state index in [0.717, 1.165) is 44.9 Å². The first-order chi connectivity index (χ1) is 35.7. The van der Waals surface area contributed by atoms with Crippen LogP contribution in [0.5, 0.6) is 0 Å². The largest absolute Gasteiger partial charge is 0.459 e. The van der Waals surface area contributed by atoms with Crippen molar-refractivity contribution < 1.29 is 108 Å². The number of rotatable bonds is 15. The highest BCUT2D eigenvalue weighted by Gasteiger charge is 2.79. The van der Waals surface area contributed by atoms with Crippen molar-refractivity contribution in [3.63, 3.8) is 0 Å². The molecule has 0 radical (unpaired) electrons. The highest BCUT2D eigenvalue weighted by molar-refractivity contribution is 5.84. The summed E-state index contributed by atoms with van der Waals surface area (Å²) in [6.07, 6.45) is -22.1. The van der Waals surface area contributed by atoms with Crippen LogP contribution in [0, 0.1) is 45.3 Å². The quantitative estimate of drug-likeness (QED) is 0.0568. The first kappa shape index (κ1) is 59.0. The second-order valence-electron chi connectivity index (χ2n) is 25.4. The summed E-state index contributed by atoms with van der Waals surface area (Å²) in [7, 11) is 1.21. The highest BCUT2D eigenvalue weighted by Crippen LogP contribution is 2.76. The minimum Gasteiger partial charge on any atom is -0.459 e. The minimum atomic E-state index is -1.90. The fraction of sp³-hybridized carbons (Fsp3) is 0.944. The molecule has 436 valence electrons. The molecule has 76 heavy (non-hydrogen) atoms. The van der Waals surface area contributed by atoms with Gasteiger partial charge in [0.05, 0.1) is 38.1 Å². The molecule has 8 fully saturated rings. The van der Waals surface area contributed by atoms with Gasteiger partial charge in [0.1, 0.15) is 96.5 Å². The number of hydrogen-bond acceptors (Lipinski definition) is 22. The van der Waals surface area contributed by atoms with Gasteiger partial charge in [-0.2, -0.15) is 0 Å². The summed E-state index contributed by atoms with van der Waals surface area (Å²) in [5.41, 5.74) is -2.03. The molecule has 9 rings (SSSR count). The number of hydrogen-bond donors (Lipinski definition) is 11. The average Bonchev–Trinajstić information content (AvgIpc) is 4.06. The van der Waals surface area contributed by atoms with Crippen LogP contribution in [-0.2, 0) is 52.2 Å². The highest BCUT2D eigenvalue weighted by atomic mass is 16.8. The molecule has 1 spiro atoms. The van der Waals surface area contributed by atoms with Gasteiger partial charge in [-0.05, 0) is 99.2 Å². The van der Waals surface area contributed by atoms with Crippen molar-refractivity contribution >= 4 is 5.97 Å². The summed E-state index contributed by atoms with van der Waals surface area (Å²) in [6, 6.07) is 0. The van der Waals surface area contributed by atoms with Gasteiger partial charge in [-0.25, -0.2) is 0 Å². The Bertz CT molecular complexity index is 2060. The van der Waals surface area contributed by atoms with Gasteiger partial charge in [-0.1, -0.05) is 59.6 Å². The Morgan fingerprint density at radius 3 is 1.92 bits per heavy atom. The number of carbonyl (C=O) groups is 1. The molecular formula is C54H88O22. The predicted octanol–water partition coefficient (Wildman–Crippen LogP) is -0.337. The third kappa shape index (κ3) is 9.47. The minimum absolute atomic E-state index is 0.0140. The third-order valence-corrected chi connectivity index (χ3v) is 20.4. The molecule has 4 aliphatic carbocycles. The summed E-state index contributed by atoms with van der Waals surface area (Å²) in [6.45, 7) is 14.8. The Hall–Kier alpha value is -1.59. The van der Waals surface area contributed by atoms with Crippen LogP contribution in [-0.4, -0.2) is 224 Å². The topological polar surface area (TPSA) is 332 Å². The number of esters is 1. The maximum atomic E-state index is 14.5. The molecule has 22 nitrogen and oxygen atoms in total. The van der Waals surface area contributed by atoms with Crippen LogP contribution in [0.15, 0.2) is 11.6 Å². The number of aliphatic hydroxyl groups excluding tert-OH is 11. The normalized spacial score (nSPS) is 53.1. The standard InChI is InChI=1S/C54H88O22/c1-23(2)11-10-16-53(8)31-14-18-52(7)25-12-13-30-50(4,5)33(15-17-51(30,6)26(25)19-32(57)54(31,52)49(66)76-53)73-48-44(75-45-39(63)38(62)34(58)24(3)69-45)37(61)29(22-68-48)72-46-41(65)43(36(60)28(21-56)70-46)74-47-40(64)42(67-9)35(59)27(20-55)71-47/h19,23-25,27-48,55-65H,10-18,20-22H2,1-9H3/t24-,25?,27-,28-,29-,30?,31-,32+,33+,34-,35-,36-,37+,38+,39-,40-,41-,42+,43+,44-,45+,46+,47+,48+,51-,52+,53+,54+/m1/s1. The second kappa shape index (κ2) is 22.0. The fourth-order valence-electron chi connectivity index (χ4n) is 16.2. The molecule has 11 N–H and O–H groups in total. The van der Waals surface area contributed by atoms with Gasteiger partial charge >= 0.3 is 5.97 Å². The van der Waals surface area contributed by atoms with Gasteiger partial charge in [-0.3, -0.25) is 4.79 Å². The summed E-state index contributed by atoms with van der Waals surface area (Å²) < 4.78 is 60.5. The number of fused-ring (bicyclic) bond motifs is 4. The zero-order valence-corrected chi connectivity index (χ0v) is 45.4. The Balaban J connectivity index is 0.943. The molecule has 2 unspecified atom stereocenters. The molecule has 0 aromatic rings. The number of cyclic esters (lactones) is 1. The first-order valence-electron chi connectivity index (χ1n) is 27.8. The van der Waals surface area contributed by atoms with E-state index >= 15 is 0 Å². The van der Waals surface area contributed by atoms with Gasteiger partial charge in [-0.15, -0.1) is 0 Å². The molecule has 9 aliphatic rings. The zero-order chi connectivity index (χ0) is 55.4. The lowest BCUT2D eigenvalue weighted by Crippen LogP contribution is -2.66. The monoisotopic (exact) mass is 1090 g/mol. The number of ether oxygens (including phenoxy) is 10. The van der Waals surface area contributed by atoms with E-state index in [2.05, 4.69) is 48.5 Å². The molecule has 5 heterocycles. The predicted molar refractivity (Wildman–Crippen MR) is 262 cm³/mol. The van der Waals surface area contributed by atoms with Crippen LogP contribution in [0.2, 0.25) is 0 Å². The van der Waals surface area contributed by atoms with Gasteiger partial charge in [0.2, 0.25) is 0 Å². The molecule has 22 heteroatoms. The molecule has 0 aromatic carbocycles. The third-order valence-electron chi connectivity index (χ3n) is 20.4. The fourth-order valence-corrected chi connectivity index (χ4v) is 16.2. The van der Waals surface area contributed by atoms with Crippen LogP contribution in [0.3, 0.4) is 0 Å². The van der Waals surface area contributed by atoms with Crippen molar-refractivity contribution in [2.24, 2.45) is 45.3 Å². The van der Waals surface area contributed by atoms with E-state index in [1.54, 1.807) is 0 Å². The van der Waals surface area contributed by atoms with E-state index in [1.165, 1.54) is 19.6 Å². The van der Waals surface area contributed by atoms with Crippen LogP contribution in [0.25, 0.3) is 0 Å². The summed E-state index contributed by atoms with van der Waals surface area (Å²) >= 11 is 0. The van der Waals surface area contributed by atoms with Crippen LogP contribution >= 0.6 is 0 Å². The van der Waals surface area contributed by atoms with Crippen LogP contribution in [0.4, 0.5) is 0 Å². The van der Waals surface area contributed by atoms with Crippen LogP contribution in [0.1, 0.15) is 113 Å². The zero-order valence-electron chi connectivity index (χ0n) is 45.4. The van der Waals surface area contributed by atoms with Gasteiger partial charge < -0.3 is 104 Å². The van der Waals surface area contributed by atoms with Crippen molar-refractivity contribution in [3.05, 3.63) is 11.6 Å². The lowest BCUT2D eigenvalue weighted by molar-refractivity contribution is -0.388. The SMILES string of the molecule is CO[C@@H]1[C@@H](O)[C@H](O[C@@H]2[C@@H](O)[C@H](O[C@@H]3CO[C@@H](O[C@H]4CC[C@]5(C)C6=C[C@H](O)[C@]78C(=O)O[C@@](C)(CCCC(C)C)[C@H]7CC[C@@]8(C)C6CCC5C4(C)C)[C@H](O[C@@H]4O[C@H](C)[C@@H](O)[C@H](O)[C@H]4O)[C@H]3O)O[C@H](CO)[C@H]2O)O[C@H](CO)[C@H]1O. The van der Waals surface area contributed by atoms with E-state index in [9.17, 15) is 61.0 Å². The summed E-state index contributed by atoms with van der Waals surface area (Å²) in [5.74, 6) is 0.196. The van der Waals surface area contributed by atoms with E-state index in [1.807, 2.05) is 6.08 Å². The maximum Gasteiger partial charge on any atom is 0.316 e. The van der Waals surface area contributed by atoms with Crippen molar-refractivity contribution in [2.75, 3.05) is 26.9 Å². The Morgan fingerprint density at radius 1 is 0.658 bits per heavy atom. The number of aliphatic hydroxyl groups is 11. The molecule has 0 bridgehead atoms. The molecule has 5 aliphatic heterocycles. The molecule has 5 saturated heterocycles. The number of carbonyl (C=O) groups excluding carboxylic acids is 1. The van der Waals surface area contributed by atoms with Gasteiger partial charge in [0, 0.05) is 13.0 Å². The van der Waals surface area contributed by atoms with Crippen molar-refractivity contribution in [3.8, 4) is 0 Å². The smallest absolute Gasteiger partial charge is 0.316 e. The number of allylic oxidation sites excluding steroid dienone is 1. The van der Waals surface area contributed by atoms with Crippen molar-refractivity contribution in [1.29, 1.82) is 0 Å². The second-order valence-corrected chi connectivity index (χ2v) is 25.4. The Kier molecular flexibility index (Phi) is 17.1. The van der Waals surface area contributed by atoms with Crippen molar-refractivity contribution in [2.45, 2.75) is 248 Å². The number of methoxy groups -OCH3 is 1. The van der Waals surface area contributed by atoms with E-state index < -0.39 is 176 Å². The van der Waals surface area contributed by atoms with E-state index in [0.29, 0.717) is 18.8 Å². The molecule has 0 aromatic heterocycles. The van der Waals surface area contributed by atoms with Gasteiger partial charge in [0.25, 0.3) is 0 Å². The molecular weight excluding hydrogens is 1000 g/mol. The lowest BCUT2D eigenvalue weighted by atomic mass is 9.40. The average molecular weight is 1090 g/mol. The van der Waals surface area contributed by atoms with Crippen LogP contribution < -0.4 is 0 Å². The lowest BCUT2D eigenvalue weighted by Gasteiger charge is -2.64. The van der Waals surface area contributed by atoms with Gasteiger partial charge in [0.15, 0.2) is 25.2 Å². The summed E-state index contributed by atoms with van der Waals surface area (Å²) in [5, 5.41) is 122. The molecule has 28 atom stereocenters. The van der Waals surface area contributed by atoms with Crippen molar-refractivity contribution in [1.82, 2.24) is 0 Å². The first-order valence-corrected chi connectivity index (χ1v) is 27.8. The molecule has 0 amide bonds. The Morgan fingerprint density at radius 2 is 1.28 bits per heavy atom. The van der Waals surface area contributed by atoms with E-state index in [4.69, 9.17) is 47.4 Å². The van der Waals surface area contributed by atoms with E-state index in [-0.39, 0.29) is 23.7 Å². The maximum absolute atomic E-state index is 14.5.